The van der Waals surface area contributed by atoms with Crippen molar-refractivity contribution < 1.29 is 4.74 Å². The summed E-state index contributed by atoms with van der Waals surface area (Å²) >= 11 is 0. The van der Waals surface area contributed by atoms with Crippen LogP contribution in [0.5, 0.6) is 0 Å². The number of hydrogen-bond donors (Lipinski definition) is 1. The lowest BCUT2D eigenvalue weighted by Gasteiger charge is -2.22. The van der Waals surface area contributed by atoms with Gasteiger partial charge in [0.15, 0.2) is 5.65 Å². The molecule has 4 rings (SSSR count). The zero-order valence-corrected chi connectivity index (χ0v) is 12.9. The molecule has 0 radical (unpaired) electrons. The van der Waals surface area contributed by atoms with Crippen molar-refractivity contribution in [2.45, 2.75) is 12.8 Å². The Labute approximate surface area is 134 Å². The smallest absolute Gasteiger partial charge is 0.154 e. The second-order valence-electron chi connectivity index (χ2n) is 5.85. The van der Waals surface area contributed by atoms with Gasteiger partial charge in [0.1, 0.15) is 5.82 Å². The fourth-order valence-corrected chi connectivity index (χ4v) is 2.83. The van der Waals surface area contributed by atoms with Crippen molar-refractivity contribution in [3.05, 3.63) is 43.0 Å². The van der Waals surface area contributed by atoms with Gasteiger partial charge in [-0.1, -0.05) is 0 Å². The first-order valence-electron chi connectivity index (χ1n) is 7.96. The monoisotopic (exact) mass is 309 g/mol. The van der Waals surface area contributed by atoms with E-state index in [1.165, 1.54) is 0 Å². The Kier molecular flexibility index (Phi) is 3.90. The van der Waals surface area contributed by atoms with Gasteiger partial charge in [-0.3, -0.25) is 0 Å². The van der Waals surface area contributed by atoms with Crippen molar-refractivity contribution in [1.82, 2.24) is 19.6 Å². The Balaban J connectivity index is 1.44. The molecule has 3 aromatic heterocycles. The number of fused-ring (bicyclic) bond motifs is 1. The van der Waals surface area contributed by atoms with Crippen LogP contribution in [0.4, 0.5) is 5.82 Å². The molecule has 3 aromatic rings. The highest BCUT2D eigenvalue weighted by atomic mass is 16.5. The second-order valence-corrected chi connectivity index (χ2v) is 5.85. The number of rotatable bonds is 4. The number of nitrogens with zero attached hydrogens (tertiary/aromatic N) is 4. The molecule has 0 bridgehead atoms. The minimum atomic E-state index is 0.677. The zero-order valence-electron chi connectivity index (χ0n) is 12.9. The van der Waals surface area contributed by atoms with E-state index in [0.29, 0.717) is 5.92 Å². The van der Waals surface area contributed by atoms with Crippen molar-refractivity contribution in [1.29, 1.82) is 0 Å². The molecular formula is C17H19N5O. The van der Waals surface area contributed by atoms with Crippen LogP contribution in [0, 0.1) is 5.92 Å². The van der Waals surface area contributed by atoms with E-state index in [0.717, 1.165) is 55.2 Å². The van der Waals surface area contributed by atoms with Crippen LogP contribution in [-0.4, -0.2) is 39.3 Å². The molecule has 1 aliphatic heterocycles. The van der Waals surface area contributed by atoms with Crippen LogP contribution >= 0.6 is 0 Å². The molecule has 0 saturated carbocycles. The molecular weight excluding hydrogens is 290 g/mol. The lowest BCUT2D eigenvalue weighted by Crippen LogP contribution is -2.22. The number of hydrogen-bond acceptors (Lipinski definition) is 5. The standard InChI is InChI=1S/C17H19N5O/c1-2-16(18-9-13-4-7-23-8-5-13)19-10-14(1)15-11-20-17-3-6-21-22(17)12-15/h1-3,6,10-13H,4-5,7-9H2,(H,18,19). The quantitative estimate of drug-likeness (QED) is 0.802. The van der Waals surface area contributed by atoms with E-state index in [1.54, 1.807) is 10.7 Å². The topological polar surface area (TPSA) is 64.3 Å². The number of ether oxygens (including phenoxy) is 1. The third-order valence-electron chi connectivity index (χ3n) is 4.26. The molecule has 118 valence electrons. The van der Waals surface area contributed by atoms with Gasteiger partial charge in [-0.2, -0.15) is 5.10 Å². The summed E-state index contributed by atoms with van der Waals surface area (Å²) in [4.78, 5) is 8.89. The van der Waals surface area contributed by atoms with Gasteiger partial charge in [-0.15, -0.1) is 0 Å². The third-order valence-corrected chi connectivity index (χ3v) is 4.26. The van der Waals surface area contributed by atoms with Gasteiger partial charge in [0.2, 0.25) is 0 Å². The van der Waals surface area contributed by atoms with Crippen LogP contribution < -0.4 is 5.32 Å². The van der Waals surface area contributed by atoms with E-state index in [9.17, 15) is 0 Å². The summed E-state index contributed by atoms with van der Waals surface area (Å²) in [5, 5.41) is 7.63. The Morgan fingerprint density at radius 1 is 1.09 bits per heavy atom. The minimum Gasteiger partial charge on any atom is -0.381 e. The Morgan fingerprint density at radius 2 is 1.96 bits per heavy atom. The summed E-state index contributed by atoms with van der Waals surface area (Å²) in [6.45, 7) is 2.71. The van der Waals surface area contributed by atoms with E-state index in [2.05, 4.69) is 26.4 Å². The molecule has 0 atom stereocenters. The predicted molar refractivity (Wildman–Crippen MR) is 88.3 cm³/mol. The molecule has 1 N–H and O–H groups in total. The predicted octanol–water partition coefficient (Wildman–Crippen LogP) is 2.63. The Hall–Kier alpha value is -2.47. The van der Waals surface area contributed by atoms with Crippen molar-refractivity contribution in [2.24, 2.45) is 5.92 Å². The molecule has 0 spiro atoms. The first-order valence-corrected chi connectivity index (χ1v) is 7.96. The van der Waals surface area contributed by atoms with Crippen molar-refractivity contribution in [3.8, 4) is 11.1 Å². The summed E-state index contributed by atoms with van der Waals surface area (Å²) in [7, 11) is 0. The van der Waals surface area contributed by atoms with Crippen LogP contribution in [0.2, 0.25) is 0 Å². The molecule has 6 heteroatoms. The van der Waals surface area contributed by atoms with Crippen molar-refractivity contribution in [2.75, 3.05) is 25.1 Å². The normalized spacial score (nSPS) is 15.8. The van der Waals surface area contributed by atoms with E-state index in [1.807, 2.05) is 30.7 Å². The number of pyridine rings is 1. The highest BCUT2D eigenvalue weighted by Gasteiger charge is 2.13. The Bertz CT molecular complexity index is 777. The summed E-state index contributed by atoms with van der Waals surface area (Å²) in [6.07, 6.45) is 9.69. The van der Waals surface area contributed by atoms with Gasteiger partial charge in [0.05, 0.1) is 6.20 Å². The molecule has 4 heterocycles. The van der Waals surface area contributed by atoms with Crippen molar-refractivity contribution >= 4 is 11.5 Å². The van der Waals surface area contributed by atoms with E-state index in [-0.39, 0.29) is 0 Å². The van der Waals surface area contributed by atoms with Crippen LogP contribution in [0.15, 0.2) is 43.0 Å². The lowest BCUT2D eigenvalue weighted by molar-refractivity contribution is 0.0699. The summed E-state index contributed by atoms with van der Waals surface area (Å²) in [6, 6.07) is 5.96. The summed E-state index contributed by atoms with van der Waals surface area (Å²) < 4.78 is 7.16. The average Bonchev–Trinajstić information content (AvgIpc) is 3.09. The SMILES string of the molecule is c1cc2ncc(-c3ccc(NCC4CCOCC4)nc3)cn2n1. The molecule has 23 heavy (non-hydrogen) atoms. The number of anilines is 1. The zero-order chi connectivity index (χ0) is 15.5. The van der Waals surface area contributed by atoms with Gasteiger partial charge in [-0.25, -0.2) is 14.5 Å². The molecule has 1 fully saturated rings. The van der Waals surface area contributed by atoms with E-state index < -0.39 is 0 Å². The highest BCUT2D eigenvalue weighted by molar-refractivity contribution is 5.63. The largest absolute Gasteiger partial charge is 0.381 e. The van der Waals surface area contributed by atoms with Crippen LogP contribution in [0.3, 0.4) is 0 Å². The number of nitrogens with one attached hydrogen (secondary N) is 1. The maximum Gasteiger partial charge on any atom is 0.154 e. The molecule has 6 nitrogen and oxygen atoms in total. The fraction of sp³-hybridized carbons (Fsp3) is 0.353. The average molecular weight is 309 g/mol. The Morgan fingerprint density at radius 3 is 2.78 bits per heavy atom. The number of aromatic nitrogens is 4. The van der Waals surface area contributed by atoms with Gasteiger partial charge >= 0.3 is 0 Å². The summed E-state index contributed by atoms with van der Waals surface area (Å²) in [5.74, 6) is 1.59. The first kappa shape index (κ1) is 14.1. The van der Waals surface area contributed by atoms with Crippen LogP contribution in [0.25, 0.3) is 16.8 Å². The van der Waals surface area contributed by atoms with Gasteiger partial charge < -0.3 is 10.1 Å². The van der Waals surface area contributed by atoms with Crippen LogP contribution in [-0.2, 0) is 4.74 Å². The molecule has 1 saturated heterocycles. The van der Waals surface area contributed by atoms with Crippen molar-refractivity contribution in [3.63, 3.8) is 0 Å². The molecule has 0 unspecified atom stereocenters. The minimum absolute atomic E-state index is 0.677. The summed E-state index contributed by atoms with van der Waals surface area (Å²) in [5.41, 5.74) is 2.88. The molecule has 0 aromatic carbocycles. The maximum absolute atomic E-state index is 5.38. The first-order chi connectivity index (χ1) is 11.4. The van der Waals surface area contributed by atoms with Gasteiger partial charge in [0, 0.05) is 55.5 Å². The van der Waals surface area contributed by atoms with E-state index >= 15 is 0 Å². The van der Waals surface area contributed by atoms with E-state index in [4.69, 9.17) is 4.74 Å². The van der Waals surface area contributed by atoms with Crippen LogP contribution in [0.1, 0.15) is 12.8 Å². The second kappa shape index (κ2) is 6.34. The van der Waals surface area contributed by atoms with Gasteiger partial charge in [0.25, 0.3) is 0 Å². The molecule has 0 aliphatic carbocycles. The third kappa shape index (κ3) is 3.17. The fourth-order valence-electron chi connectivity index (χ4n) is 2.83. The highest BCUT2D eigenvalue weighted by Crippen LogP contribution is 2.20. The molecule has 1 aliphatic rings. The maximum atomic E-state index is 5.38. The lowest BCUT2D eigenvalue weighted by atomic mass is 10.0. The molecule has 0 amide bonds. The van der Waals surface area contributed by atoms with Gasteiger partial charge in [-0.05, 0) is 30.9 Å².